The summed E-state index contributed by atoms with van der Waals surface area (Å²) < 4.78 is 56.3. The lowest BCUT2D eigenvalue weighted by Gasteiger charge is -2.54. The lowest BCUT2D eigenvalue weighted by Crippen LogP contribution is -2.73. The number of rotatable bonds is 6. The minimum absolute atomic E-state index is 0.0659. The van der Waals surface area contributed by atoms with Gasteiger partial charge in [0.2, 0.25) is 6.10 Å². The molecule has 0 aromatic rings. The van der Waals surface area contributed by atoms with Crippen molar-refractivity contribution < 1.29 is 61.8 Å². The van der Waals surface area contributed by atoms with Crippen LogP contribution < -0.4 is 0 Å². The van der Waals surface area contributed by atoms with Crippen LogP contribution in [0.3, 0.4) is 0 Å². The molecule has 3 aliphatic heterocycles. The van der Waals surface area contributed by atoms with Crippen LogP contribution in [-0.2, 0) is 61.8 Å². The molecule has 3 fully saturated rings. The maximum atomic E-state index is 12.0. The highest BCUT2D eigenvalue weighted by Gasteiger charge is 2.64. The molecule has 0 amide bonds. The molecule has 0 radical (unpaired) electrons. The van der Waals surface area contributed by atoms with Gasteiger partial charge in [0.25, 0.3) is 0 Å². The SMILES string of the molecule is CO[C@H]1O[C@@H]2CO[C@]3(OC[C@@H](OC(C)=O)[C@H](OC(C)=O)[C@@H]3OC(C)=O)O[C@H]2[C@H](OC)[C@H]1OC. The van der Waals surface area contributed by atoms with Crippen LogP contribution in [0.15, 0.2) is 0 Å². The van der Waals surface area contributed by atoms with Crippen molar-refractivity contribution in [3.05, 3.63) is 0 Å². The minimum atomic E-state index is -2.00. The third-order valence-corrected chi connectivity index (χ3v) is 5.49. The Kier molecular flexibility index (Phi) is 8.26. The summed E-state index contributed by atoms with van der Waals surface area (Å²) in [6.07, 6.45) is -7.31. The Labute approximate surface area is 190 Å². The second kappa shape index (κ2) is 10.6. The monoisotopic (exact) mass is 478 g/mol. The van der Waals surface area contributed by atoms with Gasteiger partial charge in [0.15, 0.2) is 18.5 Å². The Hall–Kier alpha value is -1.87. The van der Waals surface area contributed by atoms with Crippen molar-refractivity contribution in [2.24, 2.45) is 0 Å². The fourth-order valence-corrected chi connectivity index (χ4v) is 4.24. The maximum absolute atomic E-state index is 12.0. The highest BCUT2D eigenvalue weighted by molar-refractivity contribution is 5.68. The fraction of sp³-hybridized carbons (Fsp3) is 0.850. The molecule has 3 saturated heterocycles. The molecule has 3 heterocycles. The Balaban J connectivity index is 1.95. The van der Waals surface area contributed by atoms with Crippen LogP contribution in [0.1, 0.15) is 20.8 Å². The zero-order valence-corrected chi connectivity index (χ0v) is 19.3. The number of carbonyl (C=O) groups is 3. The molecule has 0 bridgehead atoms. The zero-order valence-electron chi connectivity index (χ0n) is 19.3. The Bertz CT molecular complexity index is 729. The molecule has 0 unspecified atom stereocenters. The quantitative estimate of drug-likeness (QED) is 0.350. The molecule has 13 heteroatoms. The van der Waals surface area contributed by atoms with Crippen molar-refractivity contribution >= 4 is 17.9 Å². The van der Waals surface area contributed by atoms with Crippen LogP contribution in [0.5, 0.6) is 0 Å². The molecule has 33 heavy (non-hydrogen) atoms. The van der Waals surface area contributed by atoms with Gasteiger partial charge in [-0.1, -0.05) is 0 Å². The molecule has 0 aromatic heterocycles. The number of hydrogen-bond acceptors (Lipinski definition) is 13. The van der Waals surface area contributed by atoms with Crippen molar-refractivity contribution in [2.75, 3.05) is 34.5 Å². The Morgan fingerprint density at radius 3 is 1.91 bits per heavy atom. The van der Waals surface area contributed by atoms with Gasteiger partial charge in [0.1, 0.15) is 24.4 Å². The number of esters is 3. The summed E-state index contributed by atoms with van der Waals surface area (Å²) >= 11 is 0. The Morgan fingerprint density at radius 1 is 0.758 bits per heavy atom. The van der Waals surface area contributed by atoms with E-state index < -0.39 is 72.9 Å². The average molecular weight is 478 g/mol. The van der Waals surface area contributed by atoms with E-state index >= 15 is 0 Å². The van der Waals surface area contributed by atoms with E-state index in [0.717, 1.165) is 6.92 Å². The summed E-state index contributed by atoms with van der Waals surface area (Å²) in [6, 6.07) is 0. The van der Waals surface area contributed by atoms with Crippen LogP contribution in [0.2, 0.25) is 0 Å². The van der Waals surface area contributed by atoms with E-state index in [4.69, 9.17) is 47.4 Å². The number of methoxy groups -OCH3 is 3. The molecule has 3 aliphatic rings. The van der Waals surface area contributed by atoms with Crippen molar-refractivity contribution in [2.45, 2.75) is 75.8 Å². The van der Waals surface area contributed by atoms with Crippen molar-refractivity contribution in [3.8, 4) is 0 Å². The summed E-state index contributed by atoms with van der Waals surface area (Å²) in [7, 11) is 4.41. The van der Waals surface area contributed by atoms with Gasteiger partial charge in [-0.2, -0.15) is 0 Å². The molecule has 0 saturated carbocycles. The molecule has 1 spiro atoms. The van der Waals surface area contributed by atoms with E-state index in [9.17, 15) is 14.4 Å². The lowest BCUT2D eigenvalue weighted by molar-refractivity contribution is -0.498. The number of hydrogen-bond donors (Lipinski definition) is 0. The van der Waals surface area contributed by atoms with Gasteiger partial charge in [-0.3, -0.25) is 14.4 Å². The first kappa shape index (κ1) is 25.7. The first-order chi connectivity index (χ1) is 15.7. The molecule has 13 nitrogen and oxygen atoms in total. The van der Waals surface area contributed by atoms with Gasteiger partial charge in [-0.25, -0.2) is 0 Å². The lowest BCUT2D eigenvalue weighted by atomic mass is 9.95. The highest BCUT2D eigenvalue weighted by atomic mass is 16.9. The number of ether oxygens (including phenoxy) is 10. The molecule has 188 valence electrons. The van der Waals surface area contributed by atoms with E-state index in [1.165, 1.54) is 35.2 Å². The van der Waals surface area contributed by atoms with E-state index in [-0.39, 0.29) is 13.2 Å². The molecule has 9 atom stereocenters. The second-order valence-corrected chi connectivity index (χ2v) is 7.74. The minimum Gasteiger partial charge on any atom is -0.456 e. The maximum Gasteiger partial charge on any atom is 0.327 e. The first-order valence-corrected chi connectivity index (χ1v) is 10.4. The average Bonchev–Trinajstić information content (AvgIpc) is 2.76. The summed E-state index contributed by atoms with van der Waals surface area (Å²) in [4.78, 5) is 35.4. The van der Waals surface area contributed by atoms with Gasteiger partial charge in [0, 0.05) is 42.1 Å². The van der Waals surface area contributed by atoms with Gasteiger partial charge >= 0.3 is 23.9 Å². The molecular weight excluding hydrogens is 448 g/mol. The third-order valence-electron chi connectivity index (χ3n) is 5.49. The van der Waals surface area contributed by atoms with Crippen LogP contribution in [0, 0.1) is 0 Å². The zero-order chi connectivity index (χ0) is 24.3. The van der Waals surface area contributed by atoms with Crippen molar-refractivity contribution in [3.63, 3.8) is 0 Å². The Morgan fingerprint density at radius 2 is 1.36 bits per heavy atom. The van der Waals surface area contributed by atoms with Gasteiger partial charge in [-0.15, -0.1) is 0 Å². The van der Waals surface area contributed by atoms with E-state index in [2.05, 4.69) is 0 Å². The topological polar surface area (TPSA) is 144 Å². The van der Waals surface area contributed by atoms with E-state index in [1.54, 1.807) is 0 Å². The predicted molar refractivity (Wildman–Crippen MR) is 103 cm³/mol. The van der Waals surface area contributed by atoms with Crippen LogP contribution in [0.25, 0.3) is 0 Å². The fourth-order valence-electron chi connectivity index (χ4n) is 4.24. The van der Waals surface area contributed by atoms with Gasteiger partial charge < -0.3 is 47.4 Å². The molecule has 0 aliphatic carbocycles. The normalized spacial score (nSPS) is 40.5. The smallest absolute Gasteiger partial charge is 0.327 e. The standard InChI is InChI=1S/C20H30O13/c1-9(21)29-13-8-28-20(18(31-11(3)23)15(13)30-10(2)22)27-7-12-14(33-20)16(24-4)17(25-5)19(26-6)32-12/h12-19H,7-8H2,1-6H3/t12-,13-,14-,15+,16+,17-,18+,19+,20-/m1/s1. The van der Waals surface area contributed by atoms with Crippen LogP contribution in [0.4, 0.5) is 0 Å². The molecule has 0 N–H and O–H groups in total. The summed E-state index contributed by atoms with van der Waals surface area (Å²) in [5.41, 5.74) is 0. The van der Waals surface area contributed by atoms with Gasteiger partial charge in [0.05, 0.1) is 13.2 Å². The summed E-state index contributed by atoms with van der Waals surface area (Å²) in [5.74, 6) is -4.06. The largest absolute Gasteiger partial charge is 0.456 e. The number of carbonyl (C=O) groups excluding carboxylic acids is 3. The first-order valence-electron chi connectivity index (χ1n) is 10.4. The van der Waals surface area contributed by atoms with Gasteiger partial charge in [-0.05, 0) is 0 Å². The van der Waals surface area contributed by atoms with Crippen molar-refractivity contribution in [1.29, 1.82) is 0 Å². The third kappa shape index (κ3) is 5.29. The van der Waals surface area contributed by atoms with Crippen molar-refractivity contribution in [1.82, 2.24) is 0 Å². The van der Waals surface area contributed by atoms with Crippen LogP contribution >= 0.6 is 0 Å². The number of fused-ring (bicyclic) bond motifs is 1. The molecular formula is C20H30O13. The van der Waals surface area contributed by atoms with E-state index in [0.29, 0.717) is 0 Å². The van der Waals surface area contributed by atoms with E-state index in [1.807, 2.05) is 0 Å². The molecule has 3 rings (SSSR count). The summed E-state index contributed by atoms with van der Waals surface area (Å²) in [5, 5.41) is 0. The highest BCUT2D eigenvalue weighted by Crippen LogP contribution is 2.42. The van der Waals surface area contributed by atoms with Crippen LogP contribution in [-0.4, -0.2) is 107 Å². The second-order valence-electron chi connectivity index (χ2n) is 7.74. The molecule has 0 aromatic carbocycles. The predicted octanol–water partition coefficient (Wildman–Crippen LogP) is -0.718. The summed E-state index contributed by atoms with van der Waals surface area (Å²) in [6.45, 7) is 3.18.